The van der Waals surface area contributed by atoms with Crippen LogP contribution in [0.1, 0.15) is 234 Å². The summed E-state index contributed by atoms with van der Waals surface area (Å²) < 4.78 is 39.5. The fourth-order valence-electron chi connectivity index (χ4n) is 8.96. The smallest absolute Gasteiger partial charge is 0.462 e. The number of rotatable bonds is 56. The standard InChI is InChI=1S/C59H109N6O19P/c1-7-9-11-13-15-17-19-21-23-25-27-29-31-33-52(71)80-41-47(84-53(72)34-32-30-28-26-24-22-20-18-16-14-12-10-8-2)42-82-85(78,79)81-38-37-61-57(75)43(3)62-51(70)36-35-48(56(60)74)65-58(76)44(4)63-59(77)45(5)83-55(54(73)50(69)40-67)49(39-66)64-46(6)68/h39,43-45,47-50,54-55,67,69,73H,7-38,40-42H2,1-6H3,(H2,60,74)(H,61,75)(H,62,70)(H,63,77)(H,64,68)(H,65,76)(H,78,79)/t43-,44-,45+,47+,48-,49-,50-,54+,55+/m1/s1. The molecule has 25 nitrogen and oxygen atoms in total. The Morgan fingerprint density at radius 3 is 1.52 bits per heavy atom. The van der Waals surface area contributed by atoms with Crippen LogP contribution >= 0.6 is 7.82 Å². The van der Waals surface area contributed by atoms with E-state index in [-0.39, 0.29) is 32.1 Å². The SMILES string of the molecule is CCCCCCCCCCCCCCCC(=O)OC[C@@H](COP(=O)(O)OCCNC(=O)[C@@H](C)NC(=O)CC[C@@H](NC(=O)[C@@H](C)NC(=O)[C@H](C)O[C@H]([C@@H](O)[C@H](O)CO)[C@@H](C=O)NC(C)=O)C(N)=O)OC(=O)CCCCCCCCCCCCCCC. The quantitative estimate of drug-likeness (QED) is 0.0153. The molecule has 494 valence electrons. The molecule has 10 atom stereocenters. The number of nitrogens with one attached hydrogen (secondary N) is 5. The van der Waals surface area contributed by atoms with Crippen molar-refractivity contribution < 1.29 is 91.2 Å². The molecular weight excluding hydrogens is 1130 g/mol. The zero-order valence-electron chi connectivity index (χ0n) is 52.0. The van der Waals surface area contributed by atoms with Gasteiger partial charge in [-0.25, -0.2) is 4.57 Å². The van der Waals surface area contributed by atoms with Gasteiger partial charge in [-0.05, 0) is 40.0 Å². The van der Waals surface area contributed by atoms with Gasteiger partial charge in [0.1, 0.15) is 61.5 Å². The van der Waals surface area contributed by atoms with Gasteiger partial charge in [-0.2, -0.15) is 0 Å². The largest absolute Gasteiger partial charge is 0.472 e. The number of aldehydes is 1. The number of phosphoric acid groups is 1. The van der Waals surface area contributed by atoms with Gasteiger partial charge in [-0.1, -0.05) is 168 Å². The van der Waals surface area contributed by atoms with Crippen LogP contribution in [0.2, 0.25) is 0 Å². The molecule has 0 radical (unpaired) electrons. The van der Waals surface area contributed by atoms with E-state index in [0.29, 0.717) is 12.8 Å². The first-order chi connectivity index (χ1) is 40.5. The van der Waals surface area contributed by atoms with Crippen molar-refractivity contribution in [1.82, 2.24) is 26.6 Å². The number of hydrogen-bond donors (Lipinski definition) is 10. The normalized spacial score (nSPS) is 15.3. The number of aliphatic hydroxyl groups is 3. The Labute approximate surface area is 505 Å². The van der Waals surface area contributed by atoms with Crippen molar-refractivity contribution >= 4 is 61.5 Å². The molecule has 0 rings (SSSR count). The van der Waals surface area contributed by atoms with E-state index in [1.165, 1.54) is 130 Å². The van der Waals surface area contributed by atoms with E-state index in [2.05, 4.69) is 40.4 Å². The number of esters is 2. The third-order valence-corrected chi connectivity index (χ3v) is 15.1. The number of nitrogens with two attached hydrogens (primary N) is 1. The minimum absolute atomic E-state index is 0.105. The van der Waals surface area contributed by atoms with Crippen molar-refractivity contribution in [2.24, 2.45) is 5.73 Å². The van der Waals surface area contributed by atoms with Gasteiger partial charge >= 0.3 is 19.8 Å². The van der Waals surface area contributed by atoms with Crippen molar-refractivity contribution in [2.45, 2.75) is 289 Å². The Balaban J connectivity index is 5.13. The zero-order valence-corrected chi connectivity index (χ0v) is 52.9. The maximum atomic E-state index is 13.0. The first-order valence-corrected chi connectivity index (χ1v) is 32.8. The van der Waals surface area contributed by atoms with E-state index < -0.39 is 143 Å². The van der Waals surface area contributed by atoms with Crippen LogP contribution in [0.3, 0.4) is 0 Å². The molecule has 0 aromatic heterocycles. The topological polar surface area (TPSA) is 384 Å². The number of carbonyl (C=O) groups is 9. The van der Waals surface area contributed by atoms with Crippen molar-refractivity contribution in [3.8, 4) is 0 Å². The molecule has 0 heterocycles. The average Bonchev–Trinajstić information content (AvgIpc) is 3.67. The maximum absolute atomic E-state index is 13.0. The lowest BCUT2D eigenvalue weighted by atomic mass is 10.0. The number of hydrogen-bond acceptors (Lipinski definition) is 18. The lowest BCUT2D eigenvalue weighted by molar-refractivity contribution is -0.161. The van der Waals surface area contributed by atoms with E-state index in [9.17, 15) is 67.9 Å². The van der Waals surface area contributed by atoms with E-state index in [1.807, 2.05) is 0 Å². The van der Waals surface area contributed by atoms with E-state index in [0.717, 1.165) is 51.9 Å². The molecule has 0 bridgehead atoms. The fourth-order valence-corrected chi connectivity index (χ4v) is 9.71. The summed E-state index contributed by atoms with van der Waals surface area (Å²) in [6.07, 6.45) is 21.3. The van der Waals surface area contributed by atoms with Crippen molar-refractivity contribution in [3.63, 3.8) is 0 Å². The molecule has 0 saturated carbocycles. The van der Waals surface area contributed by atoms with Crippen LogP contribution in [0.5, 0.6) is 0 Å². The van der Waals surface area contributed by atoms with Crippen LogP contribution in [-0.2, 0) is 71.0 Å². The molecule has 0 aromatic carbocycles. The number of phosphoric ester groups is 1. The summed E-state index contributed by atoms with van der Waals surface area (Å²) >= 11 is 0. The summed E-state index contributed by atoms with van der Waals surface area (Å²) in [5.74, 6) is -6.18. The Kier molecular flexibility index (Phi) is 47.6. The van der Waals surface area contributed by atoms with Gasteiger partial charge in [-0.3, -0.25) is 47.4 Å². The highest BCUT2D eigenvalue weighted by atomic mass is 31.2. The summed E-state index contributed by atoms with van der Waals surface area (Å²) in [6.45, 7) is 6.40. The Morgan fingerprint density at radius 1 is 0.588 bits per heavy atom. The van der Waals surface area contributed by atoms with Gasteiger partial charge in [0.2, 0.25) is 35.4 Å². The second-order valence-corrected chi connectivity index (χ2v) is 23.5. The molecule has 0 aliphatic heterocycles. The van der Waals surface area contributed by atoms with Gasteiger partial charge in [0, 0.05) is 32.7 Å². The fraction of sp³-hybridized carbons (Fsp3) is 0.847. The minimum Gasteiger partial charge on any atom is -0.462 e. The molecule has 1 unspecified atom stereocenters. The van der Waals surface area contributed by atoms with Gasteiger partial charge in [0.15, 0.2) is 6.10 Å². The van der Waals surface area contributed by atoms with Gasteiger partial charge in [-0.15, -0.1) is 0 Å². The molecule has 85 heavy (non-hydrogen) atoms. The lowest BCUT2D eigenvalue weighted by Gasteiger charge is -2.32. The monoisotopic (exact) mass is 1240 g/mol. The molecule has 0 aliphatic rings. The lowest BCUT2D eigenvalue weighted by Crippen LogP contribution is -2.57. The molecule has 0 saturated heterocycles. The second kappa shape index (κ2) is 50.4. The molecule has 0 aliphatic carbocycles. The van der Waals surface area contributed by atoms with E-state index >= 15 is 0 Å². The van der Waals surface area contributed by atoms with E-state index in [1.54, 1.807) is 0 Å². The number of aliphatic hydroxyl groups excluding tert-OH is 3. The molecule has 26 heteroatoms. The van der Waals surface area contributed by atoms with Crippen molar-refractivity contribution in [1.29, 1.82) is 0 Å². The van der Waals surface area contributed by atoms with Crippen LogP contribution in [0.4, 0.5) is 0 Å². The minimum atomic E-state index is -4.81. The molecule has 0 spiro atoms. The highest BCUT2D eigenvalue weighted by Gasteiger charge is 2.37. The van der Waals surface area contributed by atoms with Crippen LogP contribution in [0.25, 0.3) is 0 Å². The van der Waals surface area contributed by atoms with Gasteiger partial charge in [0.25, 0.3) is 0 Å². The number of carbonyl (C=O) groups excluding carboxylic acids is 9. The summed E-state index contributed by atoms with van der Waals surface area (Å²) in [6, 6.07) is -5.52. The molecule has 6 amide bonds. The number of unbranched alkanes of at least 4 members (excludes halogenated alkanes) is 24. The first-order valence-electron chi connectivity index (χ1n) is 31.3. The Hall–Kier alpha value is -4.62. The zero-order chi connectivity index (χ0) is 63.8. The maximum Gasteiger partial charge on any atom is 0.472 e. The molecule has 11 N–H and O–H groups in total. The number of amides is 6. The first kappa shape index (κ1) is 80.4. The van der Waals surface area contributed by atoms with E-state index in [4.69, 9.17) is 29.0 Å². The average molecular weight is 1240 g/mol. The third-order valence-electron chi connectivity index (χ3n) is 14.1. The number of ether oxygens (including phenoxy) is 3. The number of primary amides is 1. The summed E-state index contributed by atoms with van der Waals surface area (Å²) in [7, 11) is -4.81. The Bertz CT molecular complexity index is 1940. The van der Waals surface area contributed by atoms with Crippen molar-refractivity contribution in [3.05, 3.63) is 0 Å². The van der Waals surface area contributed by atoms with Gasteiger partial charge < -0.3 is 71.5 Å². The highest BCUT2D eigenvalue weighted by Crippen LogP contribution is 2.43. The van der Waals surface area contributed by atoms with Crippen LogP contribution in [0, 0.1) is 0 Å². The summed E-state index contributed by atoms with van der Waals surface area (Å²) in [5.41, 5.74) is 5.46. The molecule has 0 aromatic rings. The second-order valence-electron chi connectivity index (χ2n) is 22.0. The van der Waals surface area contributed by atoms with Gasteiger partial charge in [0.05, 0.1) is 19.8 Å². The third kappa shape index (κ3) is 42.8. The highest BCUT2D eigenvalue weighted by molar-refractivity contribution is 7.47. The van der Waals surface area contributed by atoms with Crippen molar-refractivity contribution in [2.75, 3.05) is 33.0 Å². The molecular formula is C59H109N6O19P. The van der Waals surface area contributed by atoms with Crippen LogP contribution < -0.4 is 32.3 Å². The summed E-state index contributed by atoms with van der Waals surface area (Å²) in [4.78, 5) is 123. The Morgan fingerprint density at radius 2 is 1.06 bits per heavy atom. The predicted octanol–water partition coefficient (Wildman–Crippen LogP) is 5.60. The predicted molar refractivity (Wildman–Crippen MR) is 319 cm³/mol. The summed E-state index contributed by atoms with van der Waals surface area (Å²) in [5, 5.41) is 41.4. The van der Waals surface area contributed by atoms with Crippen LogP contribution in [-0.4, -0.2) is 162 Å². The molecule has 0 fully saturated rings. The van der Waals surface area contributed by atoms with Crippen LogP contribution in [0.15, 0.2) is 0 Å².